The van der Waals surface area contributed by atoms with Gasteiger partial charge in [-0.15, -0.1) is 0 Å². The van der Waals surface area contributed by atoms with Crippen LogP contribution in [0.2, 0.25) is 0 Å². The van der Waals surface area contributed by atoms with Gasteiger partial charge in [-0.1, -0.05) is 6.07 Å². The summed E-state index contributed by atoms with van der Waals surface area (Å²) in [5.74, 6) is 0. The van der Waals surface area contributed by atoms with Crippen LogP contribution in [0.4, 0.5) is 4.79 Å². The van der Waals surface area contributed by atoms with Crippen LogP contribution in [0.3, 0.4) is 0 Å². The maximum atomic E-state index is 12.2. The smallest absolute Gasteiger partial charge is 0.410 e. The Labute approximate surface area is 138 Å². The van der Waals surface area contributed by atoms with Crippen molar-refractivity contribution in [1.82, 2.24) is 14.8 Å². The Morgan fingerprint density at radius 1 is 1.43 bits per heavy atom. The molecule has 6 nitrogen and oxygen atoms in total. The zero-order chi connectivity index (χ0) is 17.0. The van der Waals surface area contributed by atoms with Gasteiger partial charge in [-0.25, -0.2) is 4.79 Å². The van der Waals surface area contributed by atoms with Gasteiger partial charge in [0.05, 0.1) is 5.69 Å². The fourth-order valence-electron chi connectivity index (χ4n) is 2.69. The molecule has 0 aliphatic carbocycles. The minimum Gasteiger partial charge on any atom is -0.444 e. The lowest BCUT2D eigenvalue weighted by Gasteiger charge is -2.41. The highest BCUT2D eigenvalue weighted by molar-refractivity contribution is 5.68. The summed E-state index contributed by atoms with van der Waals surface area (Å²) >= 11 is 0. The average molecular weight is 320 g/mol. The summed E-state index contributed by atoms with van der Waals surface area (Å²) in [6.07, 6.45) is 1.56. The van der Waals surface area contributed by atoms with Gasteiger partial charge in [-0.05, 0) is 39.3 Å². The molecule has 1 aliphatic heterocycles. The summed E-state index contributed by atoms with van der Waals surface area (Å²) in [6.45, 7) is 11.0. The number of hydrogen-bond acceptors (Lipinski definition) is 5. The first-order valence-corrected chi connectivity index (χ1v) is 8.12. The van der Waals surface area contributed by atoms with Gasteiger partial charge in [-0.3, -0.25) is 9.88 Å². The van der Waals surface area contributed by atoms with Gasteiger partial charge in [0.1, 0.15) is 5.60 Å². The van der Waals surface area contributed by atoms with Crippen LogP contribution in [-0.2, 0) is 11.3 Å². The Bertz CT molecular complexity index is 542. The molecule has 1 saturated heterocycles. The van der Waals surface area contributed by atoms with E-state index in [-0.39, 0.29) is 12.1 Å². The summed E-state index contributed by atoms with van der Waals surface area (Å²) in [4.78, 5) is 20.7. The van der Waals surface area contributed by atoms with Gasteiger partial charge in [0.2, 0.25) is 0 Å². The van der Waals surface area contributed by atoms with E-state index in [1.807, 2.05) is 33.0 Å². The number of piperazine rings is 1. The molecule has 1 unspecified atom stereocenters. The highest BCUT2D eigenvalue weighted by atomic mass is 16.6. The SMILES string of the molecule is Cc1cccnc1CN1CCN(C(=O)OC(C)(C)C)CC1CN. The van der Waals surface area contributed by atoms with Crippen molar-refractivity contribution >= 4 is 6.09 Å². The Morgan fingerprint density at radius 2 is 2.17 bits per heavy atom. The number of rotatable bonds is 3. The van der Waals surface area contributed by atoms with Gasteiger partial charge >= 0.3 is 6.09 Å². The van der Waals surface area contributed by atoms with Crippen molar-refractivity contribution in [2.75, 3.05) is 26.2 Å². The van der Waals surface area contributed by atoms with E-state index < -0.39 is 5.60 Å². The molecule has 1 atom stereocenters. The van der Waals surface area contributed by atoms with Crippen molar-refractivity contribution in [3.05, 3.63) is 29.6 Å². The monoisotopic (exact) mass is 320 g/mol. The zero-order valence-electron chi connectivity index (χ0n) is 14.6. The number of ether oxygens (including phenoxy) is 1. The fraction of sp³-hybridized carbons (Fsp3) is 0.647. The molecule has 1 aromatic rings. The van der Waals surface area contributed by atoms with Gasteiger partial charge in [0.25, 0.3) is 0 Å². The van der Waals surface area contributed by atoms with Gasteiger partial charge in [-0.2, -0.15) is 0 Å². The van der Waals surface area contributed by atoms with Crippen LogP contribution >= 0.6 is 0 Å². The van der Waals surface area contributed by atoms with Crippen LogP contribution in [0.25, 0.3) is 0 Å². The summed E-state index contributed by atoms with van der Waals surface area (Å²) in [7, 11) is 0. The van der Waals surface area contributed by atoms with Crippen molar-refractivity contribution in [2.45, 2.75) is 45.9 Å². The number of hydrogen-bond donors (Lipinski definition) is 1. The van der Waals surface area contributed by atoms with Crippen molar-refractivity contribution < 1.29 is 9.53 Å². The number of carbonyl (C=O) groups excluding carboxylic acids is 1. The molecule has 0 aromatic carbocycles. The normalized spacial score (nSPS) is 19.7. The number of aryl methyl sites for hydroxylation is 1. The first kappa shape index (κ1) is 17.7. The molecule has 1 aromatic heterocycles. The predicted octanol–water partition coefficient (Wildman–Crippen LogP) is 1.77. The molecule has 1 aliphatic rings. The Morgan fingerprint density at radius 3 is 2.78 bits per heavy atom. The van der Waals surface area contributed by atoms with Gasteiger partial charge < -0.3 is 15.4 Å². The first-order valence-electron chi connectivity index (χ1n) is 8.12. The van der Waals surface area contributed by atoms with E-state index >= 15 is 0 Å². The number of amides is 1. The highest BCUT2D eigenvalue weighted by Crippen LogP contribution is 2.17. The van der Waals surface area contributed by atoms with Crippen LogP contribution in [0.15, 0.2) is 18.3 Å². The molecule has 0 spiro atoms. The summed E-state index contributed by atoms with van der Waals surface area (Å²) in [5.41, 5.74) is 7.70. The molecule has 128 valence electrons. The van der Waals surface area contributed by atoms with Crippen molar-refractivity contribution in [3.8, 4) is 0 Å². The van der Waals surface area contributed by atoms with Crippen molar-refractivity contribution in [3.63, 3.8) is 0 Å². The lowest BCUT2D eigenvalue weighted by Crippen LogP contribution is -2.57. The summed E-state index contributed by atoms with van der Waals surface area (Å²) < 4.78 is 5.46. The van der Waals surface area contributed by atoms with E-state index in [1.165, 1.54) is 5.56 Å². The van der Waals surface area contributed by atoms with E-state index in [0.717, 1.165) is 18.8 Å². The van der Waals surface area contributed by atoms with Crippen molar-refractivity contribution in [2.24, 2.45) is 5.73 Å². The van der Waals surface area contributed by atoms with E-state index in [4.69, 9.17) is 10.5 Å². The second-order valence-electron chi connectivity index (χ2n) is 7.05. The molecule has 2 heterocycles. The molecular weight excluding hydrogens is 292 g/mol. The Kier molecular flexibility index (Phi) is 5.59. The lowest BCUT2D eigenvalue weighted by molar-refractivity contribution is 0.00332. The quantitative estimate of drug-likeness (QED) is 0.919. The first-order chi connectivity index (χ1) is 10.8. The third kappa shape index (κ3) is 4.91. The number of nitrogens with two attached hydrogens (primary N) is 1. The van der Waals surface area contributed by atoms with Crippen LogP contribution in [0.5, 0.6) is 0 Å². The molecule has 0 radical (unpaired) electrons. The van der Waals surface area contributed by atoms with E-state index in [1.54, 1.807) is 4.90 Å². The lowest BCUT2D eigenvalue weighted by atomic mass is 10.1. The van der Waals surface area contributed by atoms with E-state index in [2.05, 4.69) is 22.9 Å². The number of aromatic nitrogens is 1. The standard InChI is InChI=1S/C17H28N4O2/c1-13-6-5-7-19-15(13)12-20-8-9-21(11-14(20)10-18)16(22)23-17(2,3)4/h5-7,14H,8-12,18H2,1-4H3. The minimum absolute atomic E-state index is 0.123. The van der Waals surface area contributed by atoms with Gasteiger partial charge in [0.15, 0.2) is 0 Å². The second kappa shape index (κ2) is 7.27. The Balaban J connectivity index is 1.99. The summed E-state index contributed by atoms with van der Waals surface area (Å²) in [5, 5.41) is 0. The fourth-order valence-corrected chi connectivity index (χ4v) is 2.69. The number of pyridine rings is 1. The third-order valence-corrected chi connectivity index (χ3v) is 4.00. The van der Waals surface area contributed by atoms with Crippen LogP contribution < -0.4 is 5.73 Å². The van der Waals surface area contributed by atoms with Crippen LogP contribution in [0, 0.1) is 6.92 Å². The maximum absolute atomic E-state index is 12.2. The van der Waals surface area contributed by atoms with E-state index in [9.17, 15) is 4.79 Å². The molecule has 1 fully saturated rings. The number of carbonyl (C=O) groups is 1. The average Bonchev–Trinajstić information content (AvgIpc) is 2.48. The molecular formula is C17H28N4O2. The molecule has 1 amide bonds. The molecule has 0 saturated carbocycles. The largest absolute Gasteiger partial charge is 0.444 e. The summed E-state index contributed by atoms with van der Waals surface area (Å²) in [6, 6.07) is 4.13. The molecule has 23 heavy (non-hydrogen) atoms. The molecule has 0 bridgehead atoms. The third-order valence-electron chi connectivity index (χ3n) is 4.00. The van der Waals surface area contributed by atoms with Crippen LogP contribution in [-0.4, -0.2) is 58.7 Å². The molecule has 2 N–H and O–H groups in total. The van der Waals surface area contributed by atoms with Crippen molar-refractivity contribution in [1.29, 1.82) is 0 Å². The van der Waals surface area contributed by atoms with Crippen LogP contribution in [0.1, 0.15) is 32.0 Å². The topological polar surface area (TPSA) is 71.7 Å². The maximum Gasteiger partial charge on any atom is 0.410 e. The molecule has 6 heteroatoms. The number of nitrogens with zero attached hydrogens (tertiary/aromatic N) is 3. The minimum atomic E-state index is -0.475. The predicted molar refractivity (Wildman–Crippen MR) is 90.0 cm³/mol. The zero-order valence-corrected chi connectivity index (χ0v) is 14.6. The molecule has 2 rings (SSSR count). The highest BCUT2D eigenvalue weighted by Gasteiger charge is 2.31. The second-order valence-corrected chi connectivity index (χ2v) is 7.05. The Hall–Kier alpha value is -1.66. The van der Waals surface area contributed by atoms with E-state index in [0.29, 0.717) is 19.6 Å². The van der Waals surface area contributed by atoms with Gasteiger partial charge in [0, 0.05) is 45.0 Å².